The van der Waals surface area contributed by atoms with Crippen molar-refractivity contribution in [2.75, 3.05) is 42.3 Å². The monoisotopic (exact) mass is 596 g/mol. The topological polar surface area (TPSA) is 122 Å². The average molecular weight is 597 g/mol. The average Bonchev–Trinajstić information content (AvgIpc) is 3.32. The van der Waals surface area contributed by atoms with Gasteiger partial charge in [-0.1, -0.05) is 56.5 Å². The lowest BCUT2D eigenvalue weighted by atomic mass is 9.80. The summed E-state index contributed by atoms with van der Waals surface area (Å²) < 4.78 is 34.5. The predicted octanol–water partition coefficient (Wildman–Crippen LogP) is 4.60. The third kappa shape index (κ3) is 6.01. The number of aliphatic hydroxyl groups is 1. The van der Waals surface area contributed by atoms with Gasteiger partial charge in [0.1, 0.15) is 5.52 Å². The molecule has 0 spiro atoms. The van der Waals surface area contributed by atoms with E-state index in [9.17, 15) is 13.5 Å². The molecule has 2 aromatic heterocycles. The number of hydrogen-bond donors (Lipinski definition) is 2. The highest BCUT2D eigenvalue weighted by Gasteiger charge is 2.34. The number of sulfone groups is 1. The van der Waals surface area contributed by atoms with Crippen molar-refractivity contribution >= 4 is 32.8 Å². The highest BCUT2D eigenvalue weighted by Crippen LogP contribution is 2.38. The lowest BCUT2D eigenvalue weighted by Gasteiger charge is -2.37. The second-order valence-corrected chi connectivity index (χ2v) is 14.5. The van der Waals surface area contributed by atoms with Crippen molar-refractivity contribution in [2.45, 2.75) is 82.6 Å². The van der Waals surface area contributed by atoms with Crippen molar-refractivity contribution < 1.29 is 18.3 Å². The van der Waals surface area contributed by atoms with E-state index in [0.29, 0.717) is 43.1 Å². The fourth-order valence-electron chi connectivity index (χ4n) is 6.69. The molecule has 11 heteroatoms. The number of nitrogens with zero attached hydrogens (tertiary/aromatic N) is 5. The molecule has 2 N–H and O–H groups in total. The zero-order valence-electron chi connectivity index (χ0n) is 24.8. The van der Waals surface area contributed by atoms with Gasteiger partial charge in [0.05, 0.1) is 31.6 Å². The number of fused-ring (bicyclic) bond motifs is 1. The van der Waals surface area contributed by atoms with Gasteiger partial charge in [0, 0.05) is 19.1 Å². The van der Waals surface area contributed by atoms with Crippen molar-refractivity contribution in [3.05, 3.63) is 35.9 Å². The lowest BCUT2D eigenvalue weighted by Crippen LogP contribution is -2.41. The van der Waals surface area contributed by atoms with Crippen molar-refractivity contribution in [3.63, 3.8) is 0 Å². The molecule has 1 saturated heterocycles. The number of ether oxygens (including phenoxy) is 1. The summed E-state index contributed by atoms with van der Waals surface area (Å²) in [4.78, 5) is 16.6. The molecule has 228 valence electrons. The minimum atomic E-state index is -3.88. The molecule has 1 aliphatic heterocycles. The molecular formula is C31H44N6O4S. The van der Waals surface area contributed by atoms with Crippen LogP contribution in [0.2, 0.25) is 0 Å². The zero-order valence-corrected chi connectivity index (χ0v) is 25.6. The molecule has 3 fully saturated rings. The van der Waals surface area contributed by atoms with E-state index < -0.39 is 22.2 Å². The van der Waals surface area contributed by atoms with Gasteiger partial charge in [0.25, 0.3) is 5.16 Å². The molecule has 3 heterocycles. The van der Waals surface area contributed by atoms with E-state index in [1.807, 2.05) is 18.2 Å². The van der Waals surface area contributed by atoms with Crippen LogP contribution >= 0.6 is 0 Å². The minimum absolute atomic E-state index is 0.0299. The summed E-state index contributed by atoms with van der Waals surface area (Å²) in [5.74, 6) is 2.62. The van der Waals surface area contributed by atoms with Crippen LogP contribution in [-0.2, 0) is 21.1 Å². The molecule has 42 heavy (non-hydrogen) atoms. The van der Waals surface area contributed by atoms with Gasteiger partial charge >= 0.3 is 0 Å². The highest BCUT2D eigenvalue weighted by atomic mass is 32.2. The Morgan fingerprint density at radius 2 is 1.83 bits per heavy atom. The van der Waals surface area contributed by atoms with E-state index in [4.69, 9.17) is 9.72 Å². The molecule has 6 rings (SSSR count). The number of nitrogens with one attached hydrogen (secondary N) is 1. The van der Waals surface area contributed by atoms with Crippen molar-refractivity contribution in [1.29, 1.82) is 0 Å². The summed E-state index contributed by atoms with van der Waals surface area (Å²) in [7, 11) is -3.88. The van der Waals surface area contributed by atoms with Crippen LogP contribution in [0.25, 0.3) is 11.2 Å². The maximum atomic E-state index is 13.1. The summed E-state index contributed by atoms with van der Waals surface area (Å²) in [6.45, 7) is 6.55. The molecule has 2 aliphatic carbocycles. The van der Waals surface area contributed by atoms with Gasteiger partial charge in [-0.05, 0) is 55.9 Å². The Morgan fingerprint density at radius 1 is 1.07 bits per heavy atom. The Hall–Kier alpha value is -2.76. The summed E-state index contributed by atoms with van der Waals surface area (Å²) in [6, 6.07) is 10.4. The van der Waals surface area contributed by atoms with Gasteiger partial charge < -0.3 is 24.6 Å². The van der Waals surface area contributed by atoms with Gasteiger partial charge in [-0.3, -0.25) is 0 Å². The fourth-order valence-corrected chi connectivity index (χ4v) is 7.56. The molecule has 3 aliphatic rings. The SMILES string of the molecule is CC1CCC(Cn2c(N3CCOC[C@H]3c3ccccc3)nc3nc(S(=O)(=O)CCO)nc(N[C@H](C)C4CCC4)c32)CC1. The van der Waals surface area contributed by atoms with Gasteiger partial charge in [-0.2, -0.15) is 15.0 Å². The van der Waals surface area contributed by atoms with E-state index in [1.165, 1.54) is 19.3 Å². The van der Waals surface area contributed by atoms with Crippen LogP contribution < -0.4 is 10.2 Å². The molecule has 0 amide bonds. The second-order valence-electron chi connectivity index (χ2n) is 12.5. The van der Waals surface area contributed by atoms with Crippen LogP contribution in [-0.4, -0.2) is 71.2 Å². The summed E-state index contributed by atoms with van der Waals surface area (Å²) in [6.07, 6.45) is 8.23. The molecule has 2 atom stereocenters. The number of benzene rings is 1. The summed E-state index contributed by atoms with van der Waals surface area (Å²) in [5.41, 5.74) is 2.29. The number of imidazole rings is 1. The quantitative estimate of drug-likeness (QED) is 0.323. The first-order chi connectivity index (χ1) is 20.3. The maximum absolute atomic E-state index is 13.1. The van der Waals surface area contributed by atoms with Crippen LogP contribution in [0.15, 0.2) is 35.5 Å². The van der Waals surface area contributed by atoms with Crippen molar-refractivity contribution in [1.82, 2.24) is 19.5 Å². The van der Waals surface area contributed by atoms with E-state index >= 15 is 0 Å². The highest BCUT2D eigenvalue weighted by molar-refractivity contribution is 7.91. The minimum Gasteiger partial charge on any atom is -0.395 e. The van der Waals surface area contributed by atoms with Crippen LogP contribution in [0.5, 0.6) is 0 Å². The molecule has 0 radical (unpaired) electrons. The Labute approximate surface area is 248 Å². The van der Waals surface area contributed by atoms with Crippen LogP contribution in [0.1, 0.15) is 70.4 Å². The van der Waals surface area contributed by atoms with Crippen molar-refractivity contribution in [3.8, 4) is 0 Å². The van der Waals surface area contributed by atoms with Crippen LogP contribution in [0.3, 0.4) is 0 Å². The number of anilines is 2. The largest absolute Gasteiger partial charge is 0.395 e. The number of morpholine rings is 1. The first-order valence-corrected chi connectivity index (χ1v) is 17.3. The van der Waals surface area contributed by atoms with E-state index in [0.717, 1.165) is 55.2 Å². The third-order valence-electron chi connectivity index (χ3n) is 9.57. The maximum Gasteiger partial charge on any atom is 0.251 e. The van der Waals surface area contributed by atoms with Crippen LogP contribution in [0.4, 0.5) is 11.8 Å². The standard InChI is InChI=1S/C31H44N6O4S/c1-21-11-13-23(14-12-21)19-37-27-28(32-22(2)24-9-6-10-24)33-30(42(39,40)18-16-38)34-29(27)35-31(37)36-15-17-41-20-26(36)25-7-4-3-5-8-25/h3-5,7-8,21-24,26,38H,6,9-20H2,1-2H3,(H,32,33,34)/t21?,22-,23?,26+/m1/s1. The smallest absolute Gasteiger partial charge is 0.251 e. The molecule has 0 bridgehead atoms. The Balaban J connectivity index is 1.51. The molecule has 0 unspecified atom stereocenters. The van der Waals surface area contributed by atoms with E-state index in [-0.39, 0.29) is 17.2 Å². The lowest BCUT2D eigenvalue weighted by molar-refractivity contribution is 0.0927. The first-order valence-electron chi connectivity index (χ1n) is 15.6. The second kappa shape index (κ2) is 12.5. The van der Waals surface area contributed by atoms with E-state index in [2.05, 4.69) is 50.7 Å². The third-order valence-corrected chi connectivity index (χ3v) is 11.0. The molecule has 2 saturated carbocycles. The summed E-state index contributed by atoms with van der Waals surface area (Å²) in [5, 5.41) is 12.8. The van der Waals surface area contributed by atoms with Crippen LogP contribution in [0, 0.1) is 17.8 Å². The van der Waals surface area contributed by atoms with Gasteiger partial charge in [-0.25, -0.2) is 8.42 Å². The molecule has 3 aromatic rings. The van der Waals surface area contributed by atoms with Gasteiger partial charge in [-0.15, -0.1) is 0 Å². The Kier molecular flexibility index (Phi) is 8.70. The zero-order chi connectivity index (χ0) is 29.3. The number of rotatable bonds is 10. The molecular weight excluding hydrogens is 552 g/mol. The fraction of sp³-hybridized carbons (Fsp3) is 0.645. The summed E-state index contributed by atoms with van der Waals surface area (Å²) >= 11 is 0. The number of aromatic nitrogens is 4. The van der Waals surface area contributed by atoms with E-state index in [1.54, 1.807) is 0 Å². The molecule has 1 aromatic carbocycles. The predicted molar refractivity (Wildman–Crippen MR) is 163 cm³/mol. The van der Waals surface area contributed by atoms with Gasteiger partial charge in [0.2, 0.25) is 15.8 Å². The Morgan fingerprint density at radius 3 is 2.52 bits per heavy atom. The van der Waals surface area contributed by atoms with Gasteiger partial charge in [0.15, 0.2) is 11.5 Å². The van der Waals surface area contributed by atoms with Crippen molar-refractivity contribution in [2.24, 2.45) is 17.8 Å². The number of hydrogen-bond acceptors (Lipinski definition) is 9. The Bertz CT molecular complexity index is 1470. The number of aliphatic hydroxyl groups excluding tert-OH is 1. The molecule has 10 nitrogen and oxygen atoms in total. The first kappa shape index (κ1) is 29.3. The normalized spacial score (nSPS) is 24.5.